The van der Waals surface area contributed by atoms with Crippen molar-refractivity contribution in [2.24, 2.45) is 5.41 Å². The fourth-order valence-corrected chi connectivity index (χ4v) is 2.56. The Labute approximate surface area is 114 Å². The molecule has 102 valence electrons. The Balaban J connectivity index is 2.22. The van der Waals surface area contributed by atoms with E-state index in [2.05, 4.69) is 19.9 Å². The van der Waals surface area contributed by atoms with Crippen LogP contribution in [0, 0.1) is 16.7 Å². The van der Waals surface area contributed by atoms with Crippen molar-refractivity contribution < 1.29 is 9.84 Å². The lowest BCUT2D eigenvalue weighted by Crippen LogP contribution is -2.36. The summed E-state index contributed by atoms with van der Waals surface area (Å²) in [7, 11) is 0. The van der Waals surface area contributed by atoms with Gasteiger partial charge in [0.2, 0.25) is 0 Å². The number of benzene rings is 1. The van der Waals surface area contributed by atoms with Gasteiger partial charge in [-0.25, -0.2) is 0 Å². The van der Waals surface area contributed by atoms with Crippen LogP contribution in [-0.4, -0.2) is 18.3 Å². The lowest BCUT2D eigenvalue weighted by Gasteiger charge is -2.35. The largest absolute Gasteiger partial charge is 0.387 e. The molecule has 1 aromatic carbocycles. The number of hydrogen-bond acceptors (Lipinski definition) is 3. The Bertz CT molecular complexity index is 453. The van der Waals surface area contributed by atoms with Crippen LogP contribution in [0.4, 0.5) is 0 Å². The molecule has 2 unspecified atom stereocenters. The first-order valence-corrected chi connectivity index (χ1v) is 6.86. The molecule has 1 heterocycles. The molecule has 3 nitrogen and oxygen atoms in total. The van der Waals surface area contributed by atoms with Crippen molar-refractivity contribution in [3.05, 3.63) is 35.4 Å². The zero-order valence-electron chi connectivity index (χ0n) is 11.6. The molecule has 0 aliphatic carbocycles. The Morgan fingerprint density at radius 1 is 1.26 bits per heavy atom. The predicted molar refractivity (Wildman–Crippen MR) is 73.6 cm³/mol. The van der Waals surface area contributed by atoms with Crippen molar-refractivity contribution in [1.29, 1.82) is 5.26 Å². The maximum atomic E-state index is 10.5. The van der Waals surface area contributed by atoms with Gasteiger partial charge >= 0.3 is 0 Å². The van der Waals surface area contributed by atoms with E-state index in [-0.39, 0.29) is 0 Å². The van der Waals surface area contributed by atoms with E-state index in [1.807, 2.05) is 24.3 Å². The number of nitrogens with zero attached hydrogens (tertiary/aromatic N) is 1. The van der Waals surface area contributed by atoms with Gasteiger partial charge in [0.1, 0.15) is 5.41 Å². The summed E-state index contributed by atoms with van der Waals surface area (Å²) < 4.78 is 5.40. The lowest BCUT2D eigenvalue weighted by atomic mass is 9.76. The van der Waals surface area contributed by atoms with Crippen molar-refractivity contribution in [3.63, 3.8) is 0 Å². The number of aliphatic hydroxyl groups excluding tert-OH is 1. The van der Waals surface area contributed by atoms with Gasteiger partial charge in [-0.3, -0.25) is 0 Å². The van der Waals surface area contributed by atoms with E-state index < -0.39 is 11.5 Å². The highest BCUT2D eigenvalue weighted by Gasteiger charge is 2.41. The number of ether oxygens (including phenoxy) is 1. The van der Waals surface area contributed by atoms with Crippen molar-refractivity contribution in [3.8, 4) is 6.07 Å². The van der Waals surface area contributed by atoms with Gasteiger partial charge in [-0.2, -0.15) is 5.26 Å². The molecule has 0 aromatic heterocycles. The van der Waals surface area contributed by atoms with Crippen LogP contribution in [0.25, 0.3) is 0 Å². The Kier molecular flexibility index (Phi) is 4.24. The Morgan fingerprint density at radius 2 is 1.89 bits per heavy atom. The van der Waals surface area contributed by atoms with E-state index in [4.69, 9.17) is 4.74 Å². The van der Waals surface area contributed by atoms with E-state index in [0.717, 1.165) is 12.0 Å². The standard InChI is InChI=1S/C16H21NO2/c1-12(2)13-4-6-14(7-5-13)15(18)16(10-17)8-3-9-19-11-16/h4-7,12,15,18H,3,8-9,11H2,1-2H3. The summed E-state index contributed by atoms with van der Waals surface area (Å²) in [5.74, 6) is 0.467. The van der Waals surface area contributed by atoms with Crippen LogP contribution in [-0.2, 0) is 4.74 Å². The van der Waals surface area contributed by atoms with Crippen LogP contribution in [0.15, 0.2) is 24.3 Å². The van der Waals surface area contributed by atoms with Gasteiger partial charge in [0.05, 0.1) is 18.8 Å². The van der Waals surface area contributed by atoms with Gasteiger partial charge in [-0.1, -0.05) is 38.1 Å². The molecule has 2 atom stereocenters. The third-order valence-corrected chi connectivity index (χ3v) is 3.94. The molecular formula is C16H21NO2. The SMILES string of the molecule is CC(C)c1ccc(C(O)C2(C#N)CCCOC2)cc1. The van der Waals surface area contributed by atoms with Crippen molar-refractivity contribution in [2.75, 3.05) is 13.2 Å². The van der Waals surface area contributed by atoms with Crippen LogP contribution >= 0.6 is 0 Å². The zero-order chi connectivity index (χ0) is 13.9. The molecule has 1 aliphatic rings. The average Bonchev–Trinajstić information content (AvgIpc) is 2.47. The van der Waals surface area contributed by atoms with Crippen LogP contribution in [0.1, 0.15) is 49.8 Å². The zero-order valence-corrected chi connectivity index (χ0v) is 11.6. The van der Waals surface area contributed by atoms with E-state index in [1.54, 1.807) is 0 Å². The van der Waals surface area contributed by atoms with Crippen molar-refractivity contribution in [1.82, 2.24) is 0 Å². The molecule has 2 rings (SSSR count). The normalized spacial score (nSPS) is 25.0. The quantitative estimate of drug-likeness (QED) is 0.907. The second-order valence-corrected chi connectivity index (χ2v) is 5.65. The molecule has 0 saturated carbocycles. The maximum absolute atomic E-state index is 10.5. The minimum absolute atomic E-state index is 0.316. The minimum Gasteiger partial charge on any atom is -0.387 e. The molecule has 19 heavy (non-hydrogen) atoms. The summed E-state index contributed by atoms with van der Waals surface area (Å²) in [6.45, 7) is 5.27. The molecule has 1 saturated heterocycles. The average molecular weight is 259 g/mol. The summed E-state index contributed by atoms with van der Waals surface area (Å²) in [5.41, 5.74) is 1.25. The maximum Gasteiger partial charge on any atom is 0.111 e. The number of rotatable bonds is 3. The van der Waals surface area contributed by atoms with Gasteiger partial charge in [0, 0.05) is 6.61 Å². The first-order chi connectivity index (χ1) is 9.09. The van der Waals surface area contributed by atoms with E-state index in [1.165, 1.54) is 5.56 Å². The summed E-state index contributed by atoms with van der Waals surface area (Å²) in [6.07, 6.45) is 0.740. The first-order valence-electron chi connectivity index (χ1n) is 6.86. The van der Waals surface area contributed by atoms with Crippen molar-refractivity contribution >= 4 is 0 Å². The van der Waals surface area contributed by atoms with Crippen LogP contribution in [0.3, 0.4) is 0 Å². The smallest absolute Gasteiger partial charge is 0.111 e. The van der Waals surface area contributed by atoms with Gasteiger partial charge in [0.15, 0.2) is 0 Å². The first kappa shape index (κ1) is 14.0. The molecule has 1 N–H and O–H groups in total. The molecule has 3 heteroatoms. The molecule has 0 amide bonds. The van der Waals surface area contributed by atoms with E-state index in [9.17, 15) is 10.4 Å². The Morgan fingerprint density at radius 3 is 2.37 bits per heavy atom. The van der Waals surface area contributed by atoms with Gasteiger partial charge in [-0.15, -0.1) is 0 Å². The molecule has 1 aliphatic heterocycles. The fourth-order valence-electron chi connectivity index (χ4n) is 2.56. The van der Waals surface area contributed by atoms with Crippen LogP contribution in [0.2, 0.25) is 0 Å². The number of hydrogen-bond donors (Lipinski definition) is 1. The molecular weight excluding hydrogens is 238 g/mol. The highest BCUT2D eigenvalue weighted by molar-refractivity contribution is 5.29. The highest BCUT2D eigenvalue weighted by atomic mass is 16.5. The predicted octanol–water partition coefficient (Wildman–Crippen LogP) is 3.16. The summed E-state index contributed by atoms with van der Waals surface area (Å²) >= 11 is 0. The summed E-state index contributed by atoms with van der Waals surface area (Å²) in [4.78, 5) is 0. The number of aliphatic hydroxyl groups is 1. The molecule has 1 fully saturated rings. The van der Waals surface area contributed by atoms with Crippen molar-refractivity contribution in [2.45, 2.75) is 38.7 Å². The van der Waals surface area contributed by atoms with E-state index >= 15 is 0 Å². The third-order valence-electron chi connectivity index (χ3n) is 3.94. The molecule has 1 aromatic rings. The molecule has 0 radical (unpaired) electrons. The topological polar surface area (TPSA) is 53.2 Å². The van der Waals surface area contributed by atoms with Gasteiger partial charge < -0.3 is 9.84 Å². The molecule has 0 spiro atoms. The summed E-state index contributed by atoms with van der Waals surface area (Å²) in [5, 5.41) is 19.9. The van der Waals surface area contributed by atoms with E-state index in [0.29, 0.717) is 25.6 Å². The second-order valence-electron chi connectivity index (χ2n) is 5.65. The number of nitriles is 1. The van der Waals surface area contributed by atoms with Gasteiger partial charge in [-0.05, 0) is 29.9 Å². The fraction of sp³-hybridized carbons (Fsp3) is 0.562. The monoisotopic (exact) mass is 259 g/mol. The van der Waals surface area contributed by atoms with Crippen LogP contribution < -0.4 is 0 Å². The van der Waals surface area contributed by atoms with Gasteiger partial charge in [0.25, 0.3) is 0 Å². The van der Waals surface area contributed by atoms with Crippen LogP contribution in [0.5, 0.6) is 0 Å². The second kappa shape index (κ2) is 5.73. The summed E-state index contributed by atoms with van der Waals surface area (Å²) in [6, 6.07) is 10.2. The highest BCUT2D eigenvalue weighted by Crippen LogP contribution is 2.40. The Hall–Kier alpha value is -1.37. The lowest BCUT2D eigenvalue weighted by molar-refractivity contribution is -0.0505. The molecule has 0 bridgehead atoms. The minimum atomic E-state index is -0.794. The third kappa shape index (κ3) is 2.80.